The highest BCUT2D eigenvalue weighted by molar-refractivity contribution is 7.15. The highest BCUT2D eigenvalue weighted by Gasteiger charge is 2.22. The number of rotatable bonds is 8. The number of aryl methyl sites for hydroxylation is 2. The SMILES string of the molecule is CCOC(=O)c1c(-c2ccc(C)c(C)c2)csc1NC(=O)/C=C/c1cc(OC)ccc1OC. The summed E-state index contributed by atoms with van der Waals surface area (Å²) in [6.45, 7) is 6.05. The minimum absolute atomic E-state index is 0.240. The van der Waals surface area contributed by atoms with E-state index >= 15 is 0 Å². The lowest BCUT2D eigenvalue weighted by molar-refractivity contribution is -0.111. The van der Waals surface area contributed by atoms with Gasteiger partial charge in [0, 0.05) is 22.6 Å². The van der Waals surface area contributed by atoms with E-state index in [-0.39, 0.29) is 12.5 Å². The van der Waals surface area contributed by atoms with Crippen molar-refractivity contribution in [3.8, 4) is 22.6 Å². The second-order valence-electron chi connectivity index (χ2n) is 7.30. The summed E-state index contributed by atoms with van der Waals surface area (Å²) in [5.41, 5.74) is 4.96. The Labute approximate surface area is 197 Å². The summed E-state index contributed by atoms with van der Waals surface area (Å²) in [6.07, 6.45) is 3.03. The Morgan fingerprint density at radius 3 is 2.48 bits per heavy atom. The molecule has 1 amide bonds. The van der Waals surface area contributed by atoms with Crippen LogP contribution in [0.5, 0.6) is 11.5 Å². The summed E-state index contributed by atoms with van der Waals surface area (Å²) >= 11 is 1.29. The molecular formula is C26H27NO5S. The summed E-state index contributed by atoms with van der Waals surface area (Å²) in [5, 5.41) is 5.12. The molecule has 0 saturated heterocycles. The van der Waals surface area contributed by atoms with Crippen molar-refractivity contribution in [2.75, 3.05) is 26.1 Å². The van der Waals surface area contributed by atoms with Crippen LogP contribution in [-0.2, 0) is 9.53 Å². The standard InChI is InChI=1S/C26H27NO5S/c1-6-32-26(29)24-21(18-8-7-16(2)17(3)13-18)15-33-25(24)27-23(28)12-9-19-14-20(30-4)10-11-22(19)31-5/h7-15H,6H2,1-5H3,(H,27,28)/b12-9+. The van der Waals surface area contributed by atoms with Gasteiger partial charge in [0.15, 0.2) is 0 Å². The van der Waals surface area contributed by atoms with E-state index in [2.05, 4.69) is 5.32 Å². The topological polar surface area (TPSA) is 73.9 Å². The number of hydrogen-bond donors (Lipinski definition) is 1. The fourth-order valence-corrected chi connectivity index (χ4v) is 4.23. The van der Waals surface area contributed by atoms with Crippen LogP contribution in [0.25, 0.3) is 17.2 Å². The van der Waals surface area contributed by atoms with Crippen LogP contribution < -0.4 is 14.8 Å². The third-order valence-corrected chi connectivity index (χ3v) is 6.07. The number of carbonyl (C=O) groups excluding carboxylic acids is 2. The van der Waals surface area contributed by atoms with Crippen LogP contribution in [0, 0.1) is 13.8 Å². The van der Waals surface area contributed by atoms with Crippen molar-refractivity contribution in [2.24, 2.45) is 0 Å². The zero-order chi connectivity index (χ0) is 24.0. The molecule has 0 fully saturated rings. The van der Waals surface area contributed by atoms with E-state index < -0.39 is 5.97 Å². The normalized spacial score (nSPS) is 10.8. The average molecular weight is 466 g/mol. The molecule has 1 N–H and O–H groups in total. The summed E-state index contributed by atoms with van der Waals surface area (Å²) in [7, 11) is 3.13. The maximum Gasteiger partial charge on any atom is 0.341 e. The first kappa shape index (κ1) is 24.1. The molecule has 2 aromatic carbocycles. The Kier molecular flexibility index (Phi) is 7.90. The number of amides is 1. The summed E-state index contributed by atoms with van der Waals surface area (Å²) in [5.74, 6) is 0.414. The van der Waals surface area contributed by atoms with Crippen LogP contribution in [0.4, 0.5) is 5.00 Å². The molecule has 33 heavy (non-hydrogen) atoms. The molecule has 172 valence electrons. The van der Waals surface area contributed by atoms with Gasteiger partial charge in [-0.3, -0.25) is 4.79 Å². The van der Waals surface area contributed by atoms with Gasteiger partial charge in [-0.15, -0.1) is 11.3 Å². The summed E-state index contributed by atoms with van der Waals surface area (Å²) < 4.78 is 15.9. The first-order valence-corrected chi connectivity index (χ1v) is 11.3. The molecule has 0 aliphatic carbocycles. The average Bonchev–Trinajstić information content (AvgIpc) is 3.22. The third-order valence-electron chi connectivity index (χ3n) is 5.18. The first-order valence-electron chi connectivity index (χ1n) is 10.4. The minimum Gasteiger partial charge on any atom is -0.497 e. The maximum absolute atomic E-state index is 12.8. The van der Waals surface area contributed by atoms with E-state index in [0.717, 1.165) is 16.7 Å². The van der Waals surface area contributed by atoms with Gasteiger partial charge in [0.2, 0.25) is 5.91 Å². The Morgan fingerprint density at radius 2 is 1.82 bits per heavy atom. The van der Waals surface area contributed by atoms with Crippen molar-refractivity contribution in [1.82, 2.24) is 0 Å². The molecule has 0 aliphatic rings. The van der Waals surface area contributed by atoms with E-state index in [1.807, 2.05) is 37.4 Å². The lowest BCUT2D eigenvalue weighted by atomic mass is 9.99. The fraction of sp³-hybridized carbons (Fsp3) is 0.231. The van der Waals surface area contributed by atoms with Crippen LogP contribution in [0.15, 0.2) is 47.9 Å². The number of esters is 1. The van der Waals surface area contributed by atoms with Gasteiger partial charge in [0.25, 0.3) is 0 Å². The van der Waals surface area contributed by atoms with Crippen molar-refractivity contribution in [1.29, 1.82) is 0 Å². The van der Waals surface area contributed by atoms with Crippen LogP contribution in [0.2, 0.25) is 0 Å². The highest BCUT2D eigenvalue weighted by atomic mass is 32.1. The monoisotopic (exact) mass is 465 g/mol. The fourth-order valence-electron chi connectivity index (χ4n) is 3.27. The molecule has 0 radical (unpaired) electrons. The molecule has 0 saturated carbocycles. The number of ether oxygens (including phenoxy) is 3. The number of benzene rings is 2. The van der Waals surface area contributed by atoms with Gasteiger partial charge < -0.3 is 19.5 Å². The quantitative estimate of drug-likeness (QED) is 0.332. The number of methoxy groups -OCH3 is 2. The van der Waals surface area contributed by atoms with E-state index in [1.165, 1.54) is 23.0 Å². The van der Waals surface area contributed by atoms with Gasteiger partial charge in [0.05, 0.1) is 20.8 Å². The molecule has 1 heterocycles. The highest BCUT2D eigenvalue weighted by Crippen LogP contribution is 2.37. The molecule has 3 rings (SSSR count). The Bertz CT molecular complexity index is 1200. The van der Waals surface area contributed by atoms with Gasteiger partial charge in [-0.25, -0.2) is 4.79 Å². The van der Waals surface area contributed by atoms with Gasteiger partial charge >= 0.3 is 5.97 Å². The molecular weight excluding hydrogens is 438 g/mol. The van der Waals surface area contributed by atoms with E-state index in [9.17, 15) is 9.59 Å². The molecule has 0 aliphatic heterocycles. The molecule has 0 unspecified atom stereocenters. The molecule has 0 spiro atoms. The van der Waals surface area contributed by atoms with E-state index in [4.69, 9.17) is 14.2 Å². The molecule has 0 bridgehead atoms. The number of hydrogen-bond acceptors (Lipinski definition) is 6. The first-order chi connectivity index (χ1) is 15.9. The van der Waals surface area contributed by atoms with Gasteiger partial charge in [-0.1, -0.05) is 18.2 Å². The number of nitrogens with one attached hydrogen (secondary N) is 1. The van der Waals surface area contributed by atoms with Crippen LogP contribution in [0.1, 0.15) is 34.0 Å². The predicted octanol–water partition coefficient (Wildman–Crippen LogP) is 5.88. The maximum atomic E-state index is 12.8. The largest absolute Gasteiger partial charge is 0.497 e. The second kappa shape index (κ2) is 10.8. The second-order valence-corrected chi connectivity index (χ2v) is 8.18. The Balaban J connectivity index is 1.91. The predicted molar refractivity (Wildman–Crippen MR) is 132 cm³/mol. The number of anilines is 1. The van der Waals surface area contributed by atoms with Crippen LogP contribution in [0.3, 0.4) is 0 Å². The van der Waals surface area contributed by atoms with E-state index in [0.29, 0.717) is 27.6 Å². The smallest absolute Gasteiger partial charge is 0.341 e. The van der Waals surface area contributed by atoms with Gasteiger partial charge in [-0.05, 0) is 61.7 Å². The Morgan fingerprint density at radius 1 is 1.03 bits per heavy atom. The number of carbonyl (C=O) groups is 2. The number of thiophene rings is 1. The molecule has 3 aromatic rings. The van der Waals surface area contributed by atoms with Crippen molar-refractivity contribution in [3.63, 3.8) is 0 Å². The van der Waals surface area contributed by atoms with E-state index in [1.54, 1.807) is 45.4 Å². The van der Waals surface area contributed by atoms with Crippen molar-refractivity contribution in [2.45, 2.75) is 20.8 Å². The zero-order valence-electron chi connectivity index (χ0n) is 19.4. The molecule has 6 nitrogen and oxygen atoms in total. The third kappa shape index (κ3) is 5.62. The van der Waals surface area contributed by atoms with Crippen LogP contribution >= 0.6 is 11.3 Å². The lowest BCUT2D eigenvalue weighted by Crippen LogP contribution is -2.12. The van der Waals surface area contributed by atoms with Gasteiger partial charge in [0.1, 0.15) is 22.1 Å². The summed E-state index contributed by atoms with van der Waals surface area (Å²) in [4.78, 5) is 25.5. The van der Waals surface area contributed by atoms with Crippen molar-refractivity contribution < 1.29 is 23.8 Å². The van der Waals surface area contributed by atoms with Crippen molar-refractivity contribution >= 4 is 34.3 Å². The molecule has 1 aromatic heterocycles. The molecule has 7 heteroatoms. The lowest BCUT2D eigenvalue weighted by Gasteiger charge is -2.09. The molecule has 0 atom stereocenters. The summed E-state index contributed by atoms with van der Waals surface area (Å²) in [6, 6.07) is 11.3. The van der Waals surface area contributed by atoms with Gasteiger partial charge in [-0.2, -0.15) is 0 Å². The zero-order valence-corrected chi connectivity index (χ0v) is 20.2. The Hall–Kier alpha value is -3.58. The van der Waals surface area contributed by atoms with Crippen LogP contribution in [-0.4, -0.2) is 32.7 Å². The minimum atomic E-state index is -0.472. The van der Waals surface area contributed by atoms with Crippen molar-refractivity contribution in [3.05, 3.63) is 70.1 Å².